The van der Waals surface area contributed by atoms with Crippen molar-refractivity contribution < 1.29 is 24.5 Å². The fraction of sp³-hybridized carbons (Fsp3) is 0.909. The molecule has 0 bridgehead atoms. The van der Waals surface area contributed by atoms with E-state index in [4.69, 9.17) is 4.74 Å². The number of hydrogen-bond acceptors (Lipinski definition) is 5. The van der Waals surface area contributed by atoms with Crippen LogP contribution in [0.3, 0.4) is 0 Å². The summed E-state index contributed by atoms with van der Waals surface area (Å²) in [6.07, 6.45) is 110. The molecule has 1 amide bonds. The number of carbonyl (C=O) groups excluding carboxylic acids is 2. The third kappa shape index (κ3) is 79.1. The topological polar surface area (TPSA) is 95.9 Å². The zero-order valence-corrected chi connectivity index (χ0v) is 64.0. The Hall–Kier alpha value is -1.92. The molecule has 0 rings (SSSR count). The van der Waals surface area contributed by atoms with Crippen LogP contribution in [0, 0.1) is 0 Å². The molecule has 0 fully saturated rings. The number of hydrogen-bond donors (Lipinski definition) is 3. The van der Waals surface area contributed by atoms with E-state index in [1.54, 1.807) is 6.08 Å². The minimum Gasteiger partial charge on any atom is -0.466 e. The highest BCUT2D eigenvalue weighted by Gasteiger charge is 2.18. The number of rotatable bonds is 82. The van der Waals surface area contributed by atoms with E-state index in [0.717, 1.165) is 51.4 Å². The molecule has 0 aliphatic rings. The number of amides is 1. The first-order valence-corrected chi connectivity index (χ1v) is 43.3. The van der Waals surface area contributed by atoms with Gasteiger partial charge in [0.05, 0.1) is 25.4 Å². The van der Waals surface area contributed by atoms with Crippen LogP contribution in [0.15, 0.2) is 36.5 Å². The third-order valence-corrected chi connectivity index (χ3v) is 20.4. The SMILES string of the molecule is CCCCCC/C=C\C/C=C\CCCCCCCCCC(=O)OCCCCCCCCCCCCCCCCCCCCCCCCCCCCCCCCCCCCCC(=O)NC(CO)C(O)/C=C/CCCCCCCCCCCCCCCCCCCCCCCC. The van der Waals surface area contributed by atoms with Gasteiger partial charge in [0.25, 0.3) is 0 Å². The molecule has 0 aromatic carbocycles. The molecule has 0 radical (unpaired) electrons. The highest BCUT2D eigenvalue weighted by atomic mass is 16.5. The van der Waals surface area contributed by atoms with Gasteiger partial charge in [-0.1, -0.05) is 448 Å². The average Bonchev–Trinajstić information content (AvgIpc) is 3.68. The first-order valence-electron chi connectivity index (χ1n) is 43.3. The van der Waals surface area contributed by atoms with Gasteiger partial charge in [-0.15, -0.1) is 0 Å². The lowest BCUT2D eigenvalue weighted by atomic mass is 10.0. The number of nitrogens with one attached hydrogen (secondary N) is 1. The van der Waals surface area contributed by atoms with E-state index >= 15 is 0 Å². The van der Waals surface area contributed by atoms with Crippen molar-refractivity contribution in [1.82, 2.24) is 5.32 Å². The van der Waals surface area contributed by atoms with Crippen molar-refractivity contribution in [1.29, 1.82) is 0 Å². The van der Waals surface area contributed by atoms with E-state index in [0.29, 0.717) is 19.4 Å². The molecule has 0 saturated carbocycles. The molecule has 6 heteroatoms. The zero-order valence-electron chi connectivity index (χ0n) is 64.0. The standard InChI is InChI=1S/C88H169NO5/c1-3-5-7-9-11-13-15-17-19-21-23-24-25-39-42-45-48-52-56-60-64-68-72-76-80-86(91)85(84-90)89-87(92)81-77-73-69-65-61-57-53-49-46-43-40-37-35-33-31-29-27-26-28-30-32-34-36-38-41-44-47-51-55-59-63-67-71-75-79-83-94-88(93)82-78-74-70-66-62-58-54-50-22-20-18-16-14-12-10-8-6-4-2/h14,16,20,22,76,80,85-86,90-91H,3-13,15,17-19,21,23-75,77-79,81-84H2,1-2H3,(H,89,92)/b16-14-,22-20-,80-76+. The molecule has 0 aromatic heterocycles. The van der Waals surface area contributed by atoms with Gasteiger partial charge in [0.1, 0.15) is 0 Å². The second kappa shape index (κ2) is 83.5. The summed E-state index contributed by atoms with van der Waals surface area (Å²) in [5.41, 5.74) is 0. The fourth-order valence-corrected chi connectivity index (χ4v) is 13.8. The highest BCUT2D eigenvalue weighted by Crippen LogP contribution is 2.21. The maximum atomic E-state index is 12.6. The molecule has 0 spiro atoms. The lowest BCUT2D eigenvalue weighted by Gasteiger charge is -2.20. The third-order valence-electron chi connectivity index (χ3n) is 20.4. The van der Waals surface area contributed by atoms with Crippen molar-refractivity contribution in [3.8, 4) is 0 Å². The van der Waals surface area contributed by atoms with Gasteiger partial charge >= 0.3 is 5.97 Å². The number of carbonyl (C=O) groups is 2. The molecule has 0 heterocycles. The maximum absolute atomic E-state index is 12.6. The molecule has 0 aromatic rings. The van der Waals surface area contributed by atoms with Crippen LogP contribution in [0.4, 0.5) is 0 Å². The molecule has 0 saturated heterocycles. The Morgan fingerprint density at radius 2 is 0.532 bits per heavy atom. The summed E-state index contributed by atoms with van der Waals surface area (Å²) in [6.45, 7) is 4.94. The van der Waals surface area contributed by atoms with E-state index in [2.05, 4.69) is 43.5 Å². The van der Waals surface area contributed by atoms with Crippen molar-refractivity contribution in [2.75, 3.05) is 13.2 Å². The van der Waals surface area contributed by atoms with Gasteiger partial charge in [-0.2, -0.15) is 0 Å². The molecular formula is C88H169NO5. The van der Waals surface area contributed by atoms with E-state index in [-0.39, 0.29) is 18.5 Å². The number of aliphatic hydroxyl groups excluding tert-OH is 2. The Balaban J connectivity index is 3.33. The predicted octanol–water partition coefficient (Wildman–Crippen LogP) is 28.9. The smallest absolute Gasteiger partial charge is 0.305 e. The molecule has 2 unspecified atom stereocenters. The van der Waals surface area contributed by atoms with Crippen LogP contribution in [-0.4, -0.2) is 47.4 Å². The number of allylic oxidation sites excluding steroid dienone is 5. The Morgan fingerprint density at radius 1 is 0.298 bits per heavy atom. The van der Waals surface area contributed by atoms with Gasteiger partial charge in [0, 0.05) is 12.8 Å². The lowest BCUT2D eigenvalue weighted by molar-refractivity contribution is -0.143. The van der Waals surface area contributed by atoms with Crippen LogP contribution in [0.25, 0.3) is 0 Å². The first kappa shape index (κ1) is 92.1. The van der Waals surface area contributed by atoms with Crippen LogP contribution in [-0.2, 0) is 14.3 Å². The minimum atomic E-state index is -0.843. The second-order valence-electron chi connectivity index (χ2n) is 29.9. The van der Waals surface area contributed by atoms with Crippen LogP contribution >= 0.6 is 0 Å². The summed E-state index contributed by atoms with van der Waals surface area (Å²) in [6, 6.07) is -0.625. The Bertz CT molecular complexity index is 1520. The van der Waals surface area contributed by atoms with Crippen LogP contribution < -0.4 is 5.32 Å². The van der Waals surface area contributed by atoms with Gasteiger partial charge in [0.2, 0.25) is 5.91 Å². The quantitative estimate of drug-likeness (QED) is 0.0320. The van der Waals surface area contributed by atoms with Crippen molar-refractivity contribution >= 4 is 11.9 Å². The first-order chi connectivity index (χ1) is 46.5. The monoisotopic (exact) mass is 1320 g/mol. The van der Waals surface area contributed by atoms with Gasteiger partial charge < -0.3 is 20.3 Å². The summed E-state index contributed by atoms with van der Waals surface area (Å²) in [4.78, 5) is 24.7. The number of esters is 1. The molecule has 2 atom stereocenters. The maximum Gasteiger partial charge on any atom is 0.305 e. The average molecular weight is 1320 g/mol. The molecule has 556 valence electrons. The van der Waals surface area contributed by atoms with E-state index in [1.807, 2.05) is 6.08 Å². The van der Waals surface area contributed by atoms with Crippen molar-refractivity contribution in [3.05, 3.63) is 36.5 Å². The van der Waals surface area contributed by atoms with Crippen LogP contribution in [0.1, 0.15) is 489 Å². The molecule has 94 heavy (non-hydrogen) atoms. The van der Waals surface area contributed by atoms with Crippen molar-refractivity contribution in [3.63, 3.8) is 0 Å². The van der Waals surface area contributed by atoms with Gasteiger partial charge in [-0.05, 0) is 64.2 Å². The zero-order chi connectivity index (χ0) is 67.7. The van der Waals surface area contributed by atoms with E-state index in [9.17, 15) is 19.8 Å². The van der Waals surface area contributed by atoms with Crippen molar-refractivity contribution in [2.24, 2.45) is 0 Å². The molecule has 6 nitrogen and oxygen atoms in total. The molecule has 3 N–H and O–H groups in total. The largest absolute Gasteiger partial charge is 0.466 e. The van der Waals surface area contributed by atoms with Gasteiger partial charge in [-0.25, -0.2) is 0 Å². The van der Waals surface area contributed by atoms with Crippen LogP contribution in [0.2, 0.25) is 0 Å². The summed E-state index contributed by atoms with van der Waals surface area (Å²) in [5.74, 6) is -0.0412. The summed E-state index contributed by atoms with van der Waals surface area (Å²) < 4.78 is 5.51. The van der Waals surface area contributed by atoms with E-state index in [1.165, 1.54) is 411 Å². The van der Waals surface area contributed by atoms with Gasteiger partial charge in [0.15, 0.2) is 0 Å². The summed E-state index contributed by atoms with van der Waals surface area (Å²) in [7, 11) is 0. The highest BCUT2D eigenvalue weighted by molar-refractivity contribution is 5.76. The minimum absolute atomic E-state index is 0.0160. The number of unbranched alkanes of at least 4 members (excludes halogenated alkanes) is 67. The Labute approximate surface area is 589 Å². The van der Waals surface area contributed by atoms with Gasteiger partial charge in [-0.3, -0.25) is 9.59 Å². The van der Waals surface area contributed by atoms with E-state index < -0.39 is 12.1 Å². The summed E-state index contributed by atoms with van der Waals surface area (Å²) in [5, 5.41) is 23.3. The molecule has 0 aliphatic carbocycles. The Kier molecular flexibility index (Phi) is 81.8. The molecule has 0 aliphatic heterocycles. The second-order valence-corrected chi connectivity index (χ2v) is 29.9. The number of aliphatic hydroxyl groups is 2. The lowest BCUT2D eigenvalue weighted by Crippen LogP contribution is -2.45. The fourth-order valence-electron chi connectivity index (χ4n) is 13.8. The number of ether oxygens (including phenoxy) is 1. The predicted molar refractivity (Wildman–Crippen MR) is 416 cm³/mol. The molecular weight excluding hydrogens is 1150 g/mol. The Morgan fingerprint density at radius 3 is 0.819 bits per heavy atom. The normalized spacial score (nSPS) is 12.6. The van der Waals surface area contributed by atoms with Crippen LogP contribution in [0.5, 0.6) is 0 Å². The summed E-state index contributed by atoms with van der Waals surface area (Å²) >= 11 is 0. The van der Waals surface area contributed by atoms with Crippen molar-refractivity contribution in [2.45, 2.75) is 501 Å².